The Bertz CT molecular complexity index is 1290. The Morgan fingerprint density at radius 2 is 1.83 bits per heavy atom. The number of aryl methyl sites for hydroxylation is 1. The molecule has 2 aromatic carbocycles. The lowest BCUT2D eigenvalue weighted by molar-refractivity contribution is 1.05. The van der Waals surface area contributed by atoms with Gasteiger partial charge in [0.1, 0.15) is 12.1 Å². The van der Waals surface area contributed by atoms with Crippen LogP contribution in [-0.2, 0) is 6.54 Å². The third kappa shape index (κ3) is 3.42. The average Bonchev–Trinajstić information content (AvgIpc) is 3.19. The second kappa shape index (κ2) is 7.79. The summed E-state index contributed by atoms with van der Waals surface area (Å²) in [6, 6.07) is 22.8. The maximum atomic E-state index is 4.65. The summed E-state index contributed by atoms with van der Waals surface area (Å²) < 4.78 is 2.14. The lowest BCUT2D eigenvalue weighted by Gasteiger charge is -2.09. The molecule has 3 heterocycles. The molecule has 0 amide bonds. The smallest absolute Gasteiger partial charge is 0.150 e. The average molecular weight is 391 g/mol. The monoisotopic (exact) mass is 391 g/mol. The first kappa shape index (κ1) is 18.1. The Kier molecular flexibility index (Phi) is 4.69. The topological polar surface area (TPSA) is 55.6 Å². The van der Waals surface area contributed by atoms with Gasteiger partial charge in [-0.05, 0) is 41.8 Å². The molecule has 0 aliphatic carbocycles. The molecule has 0 spiro atoms. The third-order valence-electron chi connectivity index (χ3n) is 5.13. The van der Waals surface area contributed by atoms with Gasteiger partial charge in [0.25, 0.3) is 0 Å². The van der Waals surface area contributed by atoms with E-state index in [1.54, 1.807) is 12.5 Å². The van der Waals surface area contributed by atoms with Gasteiger partial charge in [0.05, 0.1) is 5.39 Å². The second-order valence-corrected chi connectivity index (χ2v) is 7.25. The van der Waals surface area contributed by atoms with Crippen LogP contribution < -0.4 is 5.32 Å². The van der Waals surface area contributed by atoms with Gasteiger partial charge < -0.3 is 9.88 Å². The molecule has 0 fully saturated rings. The molecule has 0 radical (unpaired) electrons. The molecule has 0 saturated carbocycles. The van der Waals surface area contributed by atoms with Crippen LogP contribution in [0.15, 0.2) is 91.6 Å². The molecule has 0 unspecified atom stereocenters. The molecule has 0 saturated heterocycles. The van der Waals surface area contributed by atoms with Gasteiger partial charge in [0.2, 0.25) is 0 Å². The van der Waals surface area contributed by atoms with Crippen LogP contribution in [0.1, 0.15) is 11.1 Å². The highest BCUT2D eigenvalue weighted by Crippen LogP contribution is 2.35. The van der Waals surface area contributed by atoms with Crippen molar-refractivity contribution in [1.29, 1.82) is 0 Å². The quantitative estimate of drug-likeness (QED) is 0.436. The zero-order valence-corrected chi connectivity index (χ0v) is 16.7. The highest BCUT2D eigenvalue weighted by atomic mass is 15.1. The molecule has 5 nitrogen and oxygen atoms in total. The number of nitrogens with zero attached hydrogens (tertiary/aromatic N) is 4. The van der Waals surface area contributed by atoms with Crippen LogP contribution >= 0.6 is 0 Å². The van der Waals surface area contributed by atoms with E-state index < -0.39 is 0 Å². The minimum Gasteiger partial charge on any atom is -0.365 e. The van der Waals surface area contributed by atoms with Crippen LogP contribution in [-0.4, -0.2) is 19.5 Å². The molecule has 5 heteroatoms. The van der Waals surface area contributed by atoms with Gasteiger partial charge >= 0.3 is 0 Å². The zero-order chi connectivity index (χ0) is 20.3. The van der Waals surface area contributed by atoms with Gasteiger partial charge in [-0.1, -0.05) is 48.5 Å². The minimum absolute atomic E-state index is 0.643. The first-order valence-corrected chi connectivity index (χ1v) is 9.91. The van der Waals surface area contributed by atoms with Crippen LogP contribution in [0.2, 0.25) is 0 Å². The van der Waals surface area contributed by atoms with Crippen molar-refractivity contribution in [2.75, 3.05) is 5.32 Å². The molecule has 0 atom stereocenters. The van der Waals surface area contributed by atoms with Gasteiger partial charge in [-0.2, -0.15) is 0 Å². The molecule has 1 N–H and O–H groups in total. The van der Waals surface area contributed by atoms with Crippen LogP contribution in [0, 0.1) is 6.92 Å². The number of fused-ring (bicyclic) bond motifs is 1. The largest absolute Gasteiger partial charge is 0.365 e. The van der Waals surface area contributed by atoms with E-state index in [4.69, 9.17) is 0 Å². The van der Waals surface area contributed by atoms with Crippen LogP contribution in [0.25, 0.3) is 27.8 Å². The van der Waals surface area contributed by atoms with E-state index in [0.29, 0.717) is 6.54 Å². The molecular formula is C25H21N5. The fraction of sp³-hybridized carbons (Fsp3) is 0.0800. The van der Waals surface area contributed by atoms with Gasteiger partial charge in [-0.3, -0.25) is 4.98 Å². The summed E-state index contributed by atoms with van der Waals surface area (Å²) in [7, 11) is 0. The molecule has 30 heavy (non-hydrogen) atoms. The fourth-order valence-electron chi connectivity index (χ4n) is 3.70. The van der Waals surface area contributed by atoms with Crippen molar-refractivity contribution >= 4 is 16.9 Å². The van der Waals surface area contributed by atoms with Gasteiger partial charge in [-0.25, -0.2) is 9.97 Å². The Balaban J connectivity index is 1.68. The Morgan fingerprint density at radius 3 is 2.63 bits per heavy atom. The van der Waals surface area contributed by atoms with Gasteiger partial charge in [0.15, 0.2) is 5.65 Å². The van der Waals surface area contributed by atoms with Gasteiger partial charge in [-0.15, -0.1) is 0 Å². The number of nitrogens with one attached hydrogen (secondary N) is 1. The highest BCUT2D eigenvalue weighted by Gasteiger charge is 2.17. The summed E-state index contributed by atoms with van der Waals surface area (Å²) in [5.41, 5.74) is 6.50. The number of anilines is 1. The lowest BCUT2D eigenvalue weighted by atomic mass is 10.1. The third-order valence-corrected chi connectivity index (χ3v) is 5.13. The summed E-state index contributed by atoms with van der Waals surface area (Å²) in [5.74, 6) is 0.814. The Hall–Kier alpha value is -3.99. The molecule has 5 aromatic rings. The Morgan fingerprint density at radius 1 is 0.933 bits per heavy atom. The molecule has 146 valence electrons. The summed E-state index contributed by atoms with van der Waals surface area (Å²) in [6.45, 7) is 2.74. The van der Waals surface area contributed by atoms with Crippen molar-refractivity contribution in [3.8, 4) is 16.8 Å². The van der Waals surface area contributed by atoms with E-state index in [1.165, 1.54) is 5.56 Å². The Labute approximate surface area is 175 Å². The van der Waals surface area contributed by atoms with E-state index in [2.05, 4.69) is 92.6 Å². The van der Waals surface area contributed by atoms with Crippen molar-refractivity contribution in [1.82, 2.24) is 19.5 Å². The predicted molar refractivity (Wildman–Crippen MR) is 121 cm³/mol. The molecular weight excluding hydrogens is 370 g/mol. The first-order chi connectivity index (χ1) is 14.8. The highest BCUT2D eigenvalue weighted by molar-refractivity contribution is 6.02. The standard InChI is InChI=1S/C25H21N5/c1-18-7-5-11-21(13-18)30-16-22(20-9-3-2-4-10-20)23-24(28-17-29-25(23)30)27-15-19-8-6-12-26-14-19/h2-14,16-17H,15H2,1H3,(H,27,28,29). The van der Waals surface area contributed by atoms with Crippen LogP contribution in [0.3, 0.4) is 0 Å². The zero-order valence-electron chi connectivity index (χ0n) is 16.7. The fourth-order valence-corrected chi connectivity index (χ4v) is 3.70. The normalized spacial score (nSPS) is 11.0. The number of aromatic nitrogens is 4. The van der Waals surface area contributed by atoms with Crippen molar-refractivity contribution in [2.24, 2.45) is 0 Å². The number of benzene rings is 2. The van der Waals surface area contributed by atoms with Crippen molar-refractivity contribution in [3.63, 3.8) is 0 Å². The molecule has 0 bridgehead atoms. The van der Waals surface area contributed by atoms with E-state index in [0.717, 1.165) is 39.2 Å². The van der Waals surface area contributed by atoms with Crippen molar-refractivity contribution < 1.29 is 0 Å². The summed E-state index contributed by atoms with van der Waals surface area (Å²) >= 11 is 0. The maximum Gasteiger partial charge on any atom is 0.150 e. The number of hydrogen-bond acceptors (Lipinski definition) is 4. The minimum atomic E-state index is 0.643. The lowest BCUT2D eigenvalue weighted by Crippen LogP contribution is -2.03. The van der Waals surface area contributed by atoms with Gasteiger partial charge in [0, 0.05) is 36.4 Å². The second-order valence-electron chi connectivity index (χ2n) is 7.25. The summed E-state index contributed by atoms with van der Waals surface area (Å²) in [4.78, 5) is 13.4. The molecule has 0 aliphatic rings. The van der Waals surface area contributed by atoms with Crippen LogP contribution in [0.4, 0.5) is 5.82 Å². The number of rotatable bonds is 5. The summed E-state index contributed by atoms with van der Waals surface area (Å²) in [6.07, 6.45) is 7.41. The van der Waals surface area contributed by atoms with Crippen molar-refractivity contribution in [2.45, 2.75) is 13.5 Å². The molecule has 3 aromatic heterocycles. The van der Waals surface area contributed by atoms with E-state index in [1.807, 2.05) is 18.3 Å². The molecule has 5 rings (SSSR count). The maximum absolute atomic E-state index is 4.65. The number of hydrogen-bond donors (Lipinski definition) is 1. The van der Waals surface area contributed by atoms with Crippen LogP contribution in [0.5, 0.6) is 0 Å². The van der Waals surface area contributed by atoms with E-state index >= 15 is 0 Å². The molecule has 0 aliphatic heterocycles. The SMILES string of the molecule is Cc1cccc(-n2cc(-c3ccccc3)c3c(NCc4cccnc4)ncnc32)c1. The summed E-state index contributed by atoms with van der Waals surface area (Å²) in [5, 5.41) is 4.49. The number of pyridine rings is 1. The van der Waals surface area contributed by atoms with Crippen molar-refractivity contribution in [3.05, 3.63) is 103 Å². The van der Waals surface area contributed by atoms with E-state index in [9.17, 15) is 0 Å². The van der Waals surface area contributed by atoms with E-state index in [-0.39, 0.29) is 0 Å². The first-order valence-electron chi connectivity index (χ1n) is 9.91. The predicted octanol–water partition coefficient (Wildman–Crippen LogP) is 5.40.